The highest BCUT2D eigenvalue weighted by atomic mass is 17.0. The van der Waals surface area contributed by atoms with Crippen LogP contribution in [0.5, 0.6) is 23.0 Å². The van der Waals surface area contributed by atoms with E-state index in [1.807, 2.05) is 37.4 Å². The molecule has 0 bridgehead atoms. The molecule has 1 aliphatic rings. The molecular formula is C41H58N5O14+. The Morgan fingerprint density at radius 3 is 2.22 bits per heavy atom. The third-order valence-electron chi connectivity index (χ3n) is 10.5. The van der Waals surface area contributed by atoms with Gasteiger partial charge in [0.1, 0.15) is 4.91 Å². The highest BCUT2D eigenvalue weighted by molar-refractivity contribution is 5.88. The lowest BCUT2D eigenvalue weighted by Gasteiger charge is -2.32. The summed E-state index contributed by atoms with van der Waals surface area (Å²) in [6, 6.07) is 13.9. The van der Waals surface area contributed by atoms with Crippen LogP contribution in [-0.2, 0) is 35.3 Å². The molecule has 4 atom stereocenters. The number of nitriles is 1. The number of methoxy groups -OCH3 is 3. The van der Waals surface area contributed by atoms with Gasteiger partial charge in [0, 0.05) is 37.5 Å². The molecule has 0 spiro atoms. The first-order chi connectivity index (χ1) is 28.5. The van der Waals surface area contributed by atoms with Crippen molar-refractivity contribution in [1.29, 1.82) is 5.26 Å². The molecule has 1 saturated heterocycles. The average Bonchev–Trinajstić information content (AvgIpc) is 3.21. The summed E-state index contributed by atoms with van der Waals surface area (Å²) in [5.74, 6) is -3.68. The number of benzene rings is 2. The second-order valence-electron chi connectivity index (χ2n) is 14.8. The number of rotatable bonds is 26. The molecule has 0 radical (unpaired) electrons. The van der Waals surface area contributed by atoms with Gasteiger partial charge in [-0.1, -0.05) is 25.5 Å². The van der Waals surface area contributed by atoms with E-state index < -0.39 is 53.4 Å². The third-order valence-corrected chi connectivity index (χ3v) is 10.5. The second kappa shape index (κ2) is 23.8. The van der Waals surface area contributed by atoms with Gasteiger partial charge in [0.15, 0.2) is 41.3 Å². The molecule has 330 valence electrons. The van der Waals surface area contributed by atoms with Gasteiger partial charge in [0.25, 0.3) is 5.91 Å². The van der Waals surface area contributed by atoms with Gasteiger partial charge in [-0.2, -0.15) is 10.1 Å². The Hall–Kier alpha value is -5.71. The zero-order valence-electron chi connectivity index (χ0n) is 35.1. The average molecular weight is 845 g/mol. The maximum atomic E-state index is 13.1. The fourth-order valence-electron chi connectivity index (χ4n) is 7.03. The Morgan fingerprint density at radius 1 is 0.967 bits per heavy atom. The molecule has 1 amide bonds. The molecule has 1 aliphatic heterocycles. The number of carbonyl (C=O) groups excluding carboxylic acids is 2. The van der Waals surface area contributed by atoms with Gasteiger partial charge in [0.05, 0.1) is 40.2 Å². The van der Waals surface area contributed by atoms with Crippen molar-refractivity contribution in [3.8, 4) is 29.1 Å². The highest BCUT2D eigenvalue weighted by Gasteiger charge is 2.44. The Labute approximate surface area is 349 Å². The van der Waals surface area contributed by atoms with Gasteiger partial charge in [-0.05, 0) is 87.9 Å². The number of hydrazine groups is 1. The highest BCUT2D eigenvalue weighted by Crippen LogP contribution is 2.35. The van der Waals surface area contributed by atoms with Crippen LogP contribution in [0.2, 0.25) is 0 Å². The first-order valence-electron chi connectivity index (χ1n) is 19.7. The summed E-state index contributed by atoms with van der Waals surface area (Å²) < 4.78 is 22.5. The van der Waals surface area contributed by atoms with Crippen molar-refractivity contribution in [3.63, 3.8) is 0 Å². The van der Waals surface area contributed by atoms with Crippen LogP contribution >= 0.6 is 0 Å². The topological polar surface area (TPSA) is 247 Å². The number of ether oxygens (including phenoxy) is 4. The molecule has 0 aliphatic carbocycles. The maximum Gasteiger partial charge on any atom is 0.486 e. The van der Waals surface area contributed by atoms with Crippen molar-refractivity contribution in [2.45, 2.75) is 89.4 Å². The van der Waals surface area contributed by atoms with Crippen molar-refractivity contribution in [3.05, 3.63) is 52.4 Å². The third kappa shape index (κ3) is 14.8. The lowest BCUT2D eigenvalue weighted by Crippen LogP contribution is -2.49. The molecule has 4 N–H and O–H groups in total. The van der Waals surface area contributed by atoms with Gasteiger partial charge in [-0.25, -0.2) is 14.6 Å². The van der Waals surface area contributed by atoms with Crippen LogP contribution in [0.1, 0.15) is 82.4 Å². The summed E-state index contributed by atoms with van der Waals surface area (Å²) >= 11 is 0. The fourth-order valence-corrected chi connectivity index (χ4v) is 7.03. The fraction of sp³-hybridized carbons (Fsp3) is 0.585. The number of carbonyl (C=O) groups is 4. The number of hydrogen-bond donors (Lipinski definition) is 4. The van der Waals surface area contributed by atoms with E-state index in [1.165, 1.54) is 7.11 Å². The molecule has 19 heteroatoms. The van der Waals surface area contributed by atoms with Crippen molar-refractivity contribution in [2.75, 3.05) is 54.6 Å². The van der Waals surface area contributed by atoms with Crippen molar-refractivity contribution in [2.24, 2.45) is 11.8 Å². The molecular weight excluding hydrogens is 786 g/mol. The predicted octanol–water partition coefficient (Wildman–Crippen LogP) is 4.01. The van der Waals surface area contributed by atoms with Crippen LogP contribution in [0, 0.1) is 28.1 Å². The maximum absolute atomic E-state index is 13.1. The standard InChI is InChI=1S/C41H57N5O14/c1-7-8-29(25-42)9-12-32(44(3)18-15-28-10-13-33(55-4)35(21-28)57-6)31-11-14-34(56-5)36(22-31)58-26-37(47)43-45-19-16-30(17-20-45)27(2)59-46(54)60-39(50)24-41(53,40(51)52)23-38(48)49/h10-11,13-14,21-22,27,29-30,32,53H,7-9,12,15-20,23-24,26H2,1-6H3,(H2-,43,47,48,49,51,52)/p+1. The summed E-state index contributed by atoms with van der Waals surface area (Å²) in [7, 11) is 6.76. The molecule has 3 rings (SSSR count). The van der Waals surface area contributed by atoms with Gasteiger partial charge in [-0.15, -0.1) is 4.84 Å². The van der Waals surface area contributed by atoms with E-state index in [4.69, 9.17) is 34.0 Å². The lowest BCUT2D eigenvalue weighted by molar-refractivity contribution is -0.970. The van der Waals surface area contributed by atoms with E-state index in [0.29, 0.717) is 61.9 Å². The number of nitrogens with zero attached hydrogens (tertiary/aromatic N) is 4. The van der Waals surface area contributed by atoms with Gasteiger partial charge in [-0.3, -0.25) is 19.9 Å². The summed E-state index contributed by atoms with van der Waals surface area (Å²) in [4.78, 5) is 71.2. The van der Waals surface area contributed by atoms with Crippen LogP contribution in [0.15, 0.2) is 36.4 Å². The number of hydrogen-bond acceptors (Lipinski definition) is 15. The number of amides is 1. The Bertz CT molecular complexity index is 1810. The van der Waals surface area contributed by atoms with Crippen molar-refractivity contribution in [1.82, 2.24) is 15.3 Å². The normalized spacial score (nSPS) is 15.7. The smallest absolute Gasteiger partial charge is 0.486 e. The SMILES string of the molecule is CCCC(C#N)CCC(c1ccc(OC)c(OCC(=O)NN2CCC(C(C)O[N+](=O)OC(=O)CC(O)(CC(=O)O)C(=O)O)CC2)c1)N(C)CCc1ccc(OC)c(OC)c1. The minimum Gasteiger partial charge on any atom is -0.493 e. The van der Waals surface area contributed by atoms with Crippen LogP contribution < -0.4 is 24.4 Å². The van der Waals surface area contributed by atoms with E-state index in [-0.39, 0.29) is 24.5 Å². The lowest BCUT2D eigenvalue weighted by atomic mass is 9.92. The Kier molecular flexibility index (Phi) is 19.3. The summed E-state index contributed by atoms with van der Waals surface area (Å²) in [5.41, 5.74) is 1.88. The molecule has 60 heavy (non-hydrogen) atoms. The van der Waals surface area contributed by atoms with Crippen LogP contribution in [-0.4, -0.2) is 120 Å². The molecule has 1 fully saturated rings. The van der Waals surface area contributed by atoms with Crippen molar-refractivity contribution >= 4 is 23.8 Å². The molecule has 2 aromatic carbocycles. The molecule has 0 saturated carbocycles. The zero-order chi connectivity index (χ0) is 44.4. The molecule has 19 nitrogen and oxygen atoms in total. The number of nitrogens with one attached hydrogen (secondary N) is 1. The summed E-state index contributed by atoms with van der Waals surface area (Å²) in [5, 5.41) is 39.0. The number of likely N-dealkylation sites (N-methyl/N-ethyl adjacent to an activating group) is 1. The van der Waals surface area contributed by atoms with E-state index in [2.05, 4.69) is 28.2 Å². The summed E-state index contributed by atoms with van der Waals surface area (Å²) in [6.45, 7) is 4.81. The van der Waals surface area contributed by atoms with Gasteiger partial charge >= 0.3 is 23.0 Å². The second-order valence-corrected chi connectivity index (χ2v) is 14.8. The molecule has 0 aromatic heterocycles. The minimum atomic E-state index is -2.97. The van der Waals surface area contributed by atoms with Crippen molar-refractivity contribution < 1.29 is 68.2 Å². The summed E-state index contributed by atoms with van der Waals surface area (Å²) in [6.07, 6.45) is 1.49. The first-order valence-corrected chi connectivity index (χ1v) is 19.7. The van der Waals surface area contributed by atoms with Crippen LogP contribution in [0.3, 0.4) is 0 Å². The Morgan fingerprint density at radius 2 is 1.62 bits per heavy atom. The number of aliphatic carboxylic acids is 2. The zero-order valence-corrected chi connectivity index (χ0v) is 35.1. The molecule has 2 aromatic rings. The van der Waals surface area contributed by atoms with Crippen LogP contribution in [0.4, 0.5) is 0 Å². The van der Waals surface area contributed by atoms with Gasteiger partial charge in [0.2, 0.25) is 0 Å². The van der Waals surface area contributed by atoms with Gasteiger partial charge < -0.3 is 34.3 Å². The minimum absolute atomic E-state index is 0.0737. The quantitative estimate of drug-likeness (QED) is 0.0977. The molecule has 1 heterocycles. The monoisotopic (exact) mass is 844 g/mol. The predicted molar refractivity (Wildman–Crippen MR) is 213 cm³/mol. The van der Waals surface area contributed by atoms with E-state index in [1.54, 1.807) is 32.2 Å². The number of aliphatic hydroxyl groups is 1. The molecule has 4 unspecified atom stereocenters. The number of carboxylic acids is 2. The Balaban J connectivity index is 1.58. The number of carboxylic acid groups (broad SMARTS) is 2. The van der Waals surface area contributed by atoms with E-state index in [0.717, 1.165) is 36.8 Å². The van der Waals surface area contributed by atoms with E-state index in [9.17, 15) is 34.5 Å². The number of piperidine rings is 1. The largest absolute Gasteiger partial charge is 0.493 e. The van der Waals surface area contributed by atoms with E-state index >= 15 is 0 Å². The first kappa shape index (κ1) is 48.7. The van der Waals surface area contributed by atoms with Crippen LogP contribution in [0.25, 0.3) is 0 Å².